The molecule has 21 heavy (non-hydrogen) atoms. The Morgan fingerprint density at radius 1 is 0.762 bits per heavy atom. The summed E-state index contributed by atoms with van der Waals surface area (Å²) in [5.41, 5.74) is -3.00. The first kappa shape index (κ1) is 13.1. The van der Waals surface area contributed by atoms with E-state index in [0.717, 1.165) is 12.1 Å². The van der Waals surface area contributed by atoms with Crippen LogP contribution in [0.5, 0.6) is 17.2 Å². The zero-order valence-corrected chi connectivity index (χ0v) is 10.6. The van der Waals surface area contributed by atoms with Crippen LogP contribution in [0.25, 0.3) is 0 Å². The average molecular weight is 286 g/mol. The molecule has 0 saturated carbocycles. The van der Waals surface area contributed by atoms with E-state index in [9.17, 15) is 30.0 Å². The quantitative estimate of drug-likeness (QED) is 0.460. The largest absolute Gasteiger partial charge is 0.504 e. The summed E-state index contributed by atoms with van der Waals surface area (Å²) in [6.07, 6.45) is 0. The Balaban J connectivity index is 2.27. The number of hydrogen-bond donors (Lipinski definition) is 4. The van der Waals surface area contributed by atoms with Crippen LogP contribution >= 0.6 is 0 Å². The number of carbonyl (C=O) groups excluding carboxylic acids is 2. The van der Waals surface area contributed by atoms with Gasteiger partial charge in [-0.05, 0) is 12.1 Å². The van der Waals surface area contributed by atoms with Gasteiger partial charge in [-0.25, -0.2) is 0 Å². The number of ketones is 2. The van der Waals surface area contributed by atoms with E-state index >= 15 is 0 Å². The van der Waals surface area contributed by atoms with Crippen LogP contribution in [0.2, 0.25) is 0 Å². The van der Waals surface area contributed by atoms with Crippen molar-refractivity contribution in [2.24, 2.45) is 0 Å². The number of carbonyl (C=O) groups is 2. The Morgan fingerprint density at radius 3 is 1.81 bits per heavy atom. The summed E-state index contributed by atoms with van der Waals surface area (Å²) in [4.78, 5) is 24.7. The summed E-state index contributed by atoms with van der Waals surface area (Å²) in [6.45, 7) is 0. The molecule has 0 unspecified atom stereocenters. The number of phenolic OH excluding ortho intramolecular Hbond substituents is 3. The lowest BCUT2D eigenvalue weighted by molar-refractivity contribution is 0.0311. The van der Waals surface area contributed by atoms with Gasteiger partial charge >= 0.3 is 0 Å². The van der Waals surface area contributed by atoms with Crippen LogP contribution < -0.4 is 0 Å². The molecule has 6 nitrogen and oxygen atoms in total. The number of hydrogen-bond acceptors (Lipinski definition) is 6. The van der Waals surface area contributed by atoms with Gasteiger partial charge in [-0.15, -0.1) is 0 Å². The summed E-state index contributed by atoms with van der Waals surface area (Å²) < 4.78 is 0. The fourth-order valence-electron chi connectivity index (χ4n) is 2.48. The molecule has 0 aromatic heterocycles. The molecule has 0 saturated heterocycles. The third-order valence-corrected chi connectivity index (χ3v) is 3.59. The third-order valence-electron chi connectivity index (χ3n) is 3.59. The summed E-state index contributed by atoms with van der Waals surface area (Å²) >= 11 is 0. The maximum Gasteiger partial charge on any atom is 0.220 e. The highest BCUT2D eigenvalue weighted by atomic mass is 16.3. The van der Waals surface area contributed by atoms with Crippen molar-refractivity contribution in [2.45, 2.75) is 5.60 Å². The van der Waals surface area contributed by atoms with Crippen molar-refractivity contribution < 1.29 is 30.0 Å². The Bertz CT molecular complexity index is 758. The Kier molecular flexibility index (Phi) is 2.54. The molecule has 6 heteroatoms. The topological polar surface area (TPSA) is 115 Å². The molecule has 0 atom stereocenters. The van der Waals surface area contributed by atoms with E-state index in [0.29, 0.717) is 0 Å². The Labute approximate surface area is 118 Å². The van der Waals surface area contributed by atoms with Crippen LogP contribution in [-0.2, 0) is 5.60 Å². The minimum atomic E-state index is -2.61. The SMILES string of the molecule is O=C1c2ccccc2C(=O)C1(O)c1ccc(O)c(O)c1O. The first-order chi connectivity index (χ1) is 9.89. The van der Waals surface area contributed by atoms with Gasteiger partial charge in [-0.3, -0.25) is 9.59 Å². The number of aromatic hydroxyl groups is 3. The number of phenols is 3. The first-order valence-corrected chi connectivity index (χ1v) is 6.04. The van der Waals surface area contributed by atoms with E-state index in [1.807, 2.05) is 0 Å². The van der Waals surface area contributed by atoms with Crippen molar-refractivity contribution in [1.29, 1.82) is 0 Å². The van der Waals surface area contributed by atoms with Crippen LogP contribution in [0.15, 0.2) is 36.4 Å². The normalized spacial score (nSPS) is 16.0. The molecule has 2 aromatic rings. The summed E-state index contributed by atoms with van der Waals surface area (Å²) in [6, 6.07) is 7.88. The van der Waals surface area contributed by atoms with Crippen molar-refractivity contribution >= 4 is 11.6 Å². The van der Waals surface area contributed by atoms with Gasteiger partial charge in [0, 0.05) is 16.7 Å². The van der Waals surface area contributed by atoms with Crippen LogP contribution in [0, 0.1) is 0 Å². The zero-order chi connectivity index (χ0) is 15.4. The van der Waals surface area contributed by atoms with Crippen molar-refractivity contribution in [2.75, 3.05) is 0 Å². The maximum atomic E-state index is 12.4. The molecule has 106 valence electrons. The van der Waals surface area contributed by atoms with Crippen LogP contribution in [-0.4, -0.2) is 32.0 Å². The molecular formula is C15H10O6. The molecule has 1 aliphatic carbocycles. The van der Waals surface area contributed by atoms with E-state index in [1.165, 1.54) is 12.1 Å². The Morgan fingerprint density at radius 2 is 1.29 bits per heavy atom. The second-order valence-electron chi connectivity index (χ2n) is 4.74. The lowest BCUT2D eigenvalue weighted by Crippen LogP contribution is -2.38. The van der Waals surface area contributed by atoms with Crippen molar-refractivity contribution in [3.63, 3.8) is 0 Å². The van der Waals surface area contributed by atoms with Gasteiger partial charge in [0.15, 0.2) is 11.5 Å². The van der Waals surface area contributed by atoms with Gasteiger partial charge in [0.25, 0.3) is 0 Å². The fraction of sp³-hybridized carbons (Fsp3) is 0.0667. The van der Waals surface area contributed by atoms with Gasteiger partial charge in [0.1, 0.15) is 0 Å². The summed E-state index contributed by atoms with van der Waals surface area (Å²) in [7, 11) is 0. The molecule has 0 amide bonds. The predicted molar refractivity (Wildman–Crippen MR) is 70.4 cm³/mol. The molecule has 0 radical (unpaired) electrons. The molecule has 0 heterocycles. The van der Waals surface area contributed by atoms with Gasteiger partial charge in [0.05, 0.1) is 0 Å². The number of fused-ring (bicyclic) bond motifs is 1. The summed E-state index contributed by atoms with van der Waals surface area (Å²) in [5, 5.41) is 39.2. The minimum absolute atomic E-state index is 0.0389. The summed E-state index contributed by atoms with van der Waals surface area (Å²) in [5.74, 6) is -4.22. The second kappa shape index (κ2) is 4.07. The molecule has 4 N–H and O–H groups in total. The number of benzene rings is 2. The van der Waals surface area contributed by atoms with E-state index in [-0.39, 0.29) is 11.1 Å². The van der Waals surface area contributed by atoms with Gasteiger partial charge in [0.2, 0.25) is 22.9 Å². The zero-order valence-electron chi connectivity index (χ0n) is 10.6. The molecule has 0 aliphatic heterocycles. The molecule has 0 bridgehead atoms. The van der Waals surface area contributed by atoms with Gasteiger partial charge in [-0.2, -0.15) is 0 Å². The third kappa shape index (κ3) is 1.50. The van der Waals surface area contributed by atoms with E-state index in [2.05, 4.69) is 0 Å². The monoisotopic (exact) mass is 286 g/mol. The lowest BCUT2D eigenvalue weighted by Gasteiger charge is -2.21. The standard InChI is InChI=1S/C15H10O6/c16-10-6-5-9(11(17)12(10)18)15(21)13(19)7-3-1-2-4-8(7)14(15)20/h1-6,16-18,21H. The number of aliphatic hydroxyl groups is 1. The van der Waals surface area contributed by atoms with Gasteiger partial charge < -0.3 is 20.4 Å². The number of rotatable bonds is 1. The predicted octanol–water partition coefficient (Wildman–Crippen LogP) is 1.07. The van der Waals surface area contributed by atoms with Crippen molar-refractivity contribution in [3.05, 3.63) is 53.1 Å². The minimum Gasteiger partial charge on any atom is -0.504 e. The van der Waals surface area contributed by atoms with E-state index in [4.69, 9.17) is 0 Å². The van der Waals surface area contributed by atoms with Crippen molar-refractivity contribution in [3.8, 4) is 17.2 Å². The molecule has 0 spiro atoms. The van der Waals surface area contributed by atoms with Gasteiger partial charge in [-0.1, -0.05) is 24.3 Å². The van der Waals surface area contributed by atoms with E-state index in [1.54, 1.807) is 12.1 Å². The van der Waals surface area contributed by atoms with Crippen LogP contribution in [0.4, 0.5) is 0 Å². The van der Waals surface area contributed by atoms with Crippen molar-refractivity contribution in [1.82, 2.24) is 0 Å². The molecule has 0 fully saturated rings. The fourth-order valence-corrected chi connectivity index (χ4v) is 2.48. The molecule has 2 aromatic carbocycles. The smallest absolute Gasteiger partial charge is 0.220 e. The van der Waals surface area contributed by atoms with Crippen LogP contribution in [0.1, 0.15) is 26.3 Å². The molecule has 3 rings (SSSR count). The molecular weight excluding hydrogens is 276 g/mol. The number of Topliss-reactive ketones (excluding diaryl/α,β-unsaturated/α-hetero) is 2. The first-order valence-electron chi connectivity index (χ1n) is 6.04. The highest BCUT2D eigenvalue weighted by Gasteiger charge is 2.54. The molecule has 1 aliphatic rings. The second-order valence-corrected chi connectivity index (χ2v) is 4.74. The Hall–Kier alpha value is -2.86. The highest BCUT2D eigenvalue weighted by molar-refractivity contribution is 6.32. The maximum absolute atomic E-state index is 12.4. The lowest BCUT2D eigenvalue weighted by atomic mass is 9.88. The average Bonchev–Trinajstić information content (AvgIpc) is 2.68. The van der Waals surface area contributed by atoms with Crippen LogP contribution in [0.3, 0.4) is 0 Å². The highest BCUT2D eigenvalue weighted by Crippen LogP contribution is 2.46. The van der Waals surface area contributed by atoms with E-state index < -0.39 is 40.0 Å².